The van der Waals surface area contributed by atoms with Crippen LogP contribution < -0.4 is 15.4 Å². The van der Waals surface area contributed by atoms with Gasteiger partial charge in [-0.05, 0) is 50.3 Å². The molecule has 0 spiro atoms. The fraction of sp³-hybridized carbons (Fsp3) is 0.409. The van der Waals surface area contributed by atoms with E-state index in [0.717, 1.165) is 42.7 Å². The van der Waals surface area contributed by atoms with E-state index < -0.39 is 4.92 Å². The van der Waals surface area contributed by atoms with Gasteiger partial charge in [0.15, 0.2) is 0 Å². The normalized spacial score (nSPS) is 18.6. The summed E-state index contributed by atoms with van der Waals surface area (Å²) in [7, 11) is 1.61. The van der Waals surface area contributed by atoms with Crippen LogP contribution in [0.4, 0.5) is 11.4 Å². The Labute approximate surface area is 180 Å². The molecule has 0 radical (unpaired) electrons. The highest BCUT2D eigenvalue weighted by molar-refractivity contribution is 6.31. The van der Waals surface area contributed by atoms with Crippen LogP contribution in [0.1, 0.15) is 36.8 Å². The van der Waals surface area contributed by atoms with Crippen LogP contribution in [0.3, 0.4) is 0 Å². The quantitative estimate of drug-likeness (QED) is 0.482. The van der Waals surface area contributed by atoms with Gasteiger partial charge in [-0.1, -0.05) is 23.7 Å². The first-order chi connectivity index (χ1) is 14.4. The molecular weight excluding hydrogens is 406 g/mol. The van der Waals surface area contributed by atoms with E-state index >= 15 is 0 Å². The van der Waals surface area contributed by atoms with Crippen molar-refractivity contribution in [2.24, 2.45) is 5.92 Å². The largest absolute Gasteiger partial charge is 0.496 e. The summed E-state index contributed by atoms with van der Waals surface area (Å²) in [6, 6.07) is 10.5. The summed E-state index contributed by atoms with van der Waals surface area (Å²) in [5.41, 5.74) is 2.27. The Morgan fingerprint density at radius 1 is 1.23 bits per heavy atom. The maximum absolute atomic E-state index is 12.6. The van der Waals surface area contributed by atoms with Gasteiger partial charge in [-0.2, -0.15) is 0 Å². The summed E-state index contributed by atoms with van der Waals surface area (Å²) >= 11 is 6.16. The first kappa shape index (κ1) is 22.1. The minimum absolute atomic E-state index is 0.0149. The Morgan fingerprint density at radius 2 is 1.97 bits per heavy atom. The highest BCUT2D eigenvalue weighted by atomic mass is 35.5. The fourth-order valence-corrected chi connectivity index (χ4v) is 4.08. The van der Waals surface area contributed by atoms with E-state index in [1.54, 1.807) is 19.2 Å². The number of halogens is 1. The summed E-state index contributed by atoms with van der Waals surface area (Å²) in [5, 5.41) is 18.0. The Bertz CT molecular complexity index is 927. The first-order valence-electron chi connectivity index (χ1n) is 9.99. The highest BCUT2D eigenvalue weighted by Gasteiger charge is 2.27. The number of nitrogens with one attached hydrogen (secondary N) is 2. The third-order valence-corrected chi connectivity index (χ3v) is 5.99. The fourth-order valence-electron chi connectivity index (χ4n) is 3.84. The zero-order valence-electron chi connectivity index (χ0n) is 17.1. The van der Waals surface area contributed by atoms with Crippen molar-refractivity contribution >= 4 is 28.9 Å². The predicted octanol–water partition coefficient (Wildman–Crippen LogP) is 4.85. The molecular formula is C22H26ClN3O4. The second-order valence-corrected chi connectivity index (χ2v) is 8.00. The molecule has 1 saturated carbocycles. The molecule has 0 saturated heterocycles. The molecule has 160 valence electrons. The molecule has 8 heteroatoms. The number of amides is 1. The van der Waals surface area contributed by atoms with E-state index in [4.69, 9.17) is 16.3 Å². The number of rotatable bonds is 7. The van der Waals surface area contributed by atoms with Crippen LogP contribution in [-0.4, -0.2) is 24.0 Å². The van der Waals surface area contributed by atoms with Crippen molar-refractivity contribution < 1.29 is 14.5 Å². The molecule has 0 bridgehead atoms. The Hall–Kier alpha value is -2.64. The summed E-state index contributed by atoms with van der Waals surface area (Å²) in [4.78, 5) is 23.4. The molecule has 0 aliphatic heterocycles. The molecule has 0 unspecified atom stereocenters. The molecule has 3 rings (SSSR count). The number of methoxy groups -OCH3 is 1. The monoisotopic (exact) mass is 431 g/mol. The highest BCUT2D eigenvalue weighted by Crippen LogP contribution is 2.29. The van der Waals surface area contributed by atoms with Crippen molar-refractivity contribution in [2.75, 3.05) is 12.4 Å². The smallest absolute Gasteiger partial charge is 0.275 e. The molecule has 2 N–H and O–H groups in total. The molecule has 1 amide bonds. The van der Waals surface area contributed by atoms with Crippen LogP contribution in [0.2, 0.25) is 5.02 Å². The molecule has 7 nitrogen and oxygen atoms in total. The van der Waals surface area contributed by atoms with Gasteiger partial charge in [-0.3, -0.25) is 14.9 Å². The zero-order valence-corrected chi connectivity index (χ0v) is 17.9. The van der Waals surface area contributed by atoms with E-state index in [-0.39, 0.29) is 23.6 Å². The van der Waals surface area contributed by atoms with Gasteiger partial charge in [-0.15, -0.1) is 0 Å². The van der Waals surface area contributed by atoms with Crippen molar-refractivity contribution in [1.82, 2.24) is 5.32 Å². The average Bonchev–Trinajstić information content (AvgIpc) is 2.74. The Balaban J connectivity index is 1.52. The number of aryl methyl sites for hydroxylation is 1. The lowest BCUT2D eigenvalue weighted by atomic mass is 9.85. The molecule has 2 aromatic rings. The lowest BCUT2D eigenvalue weighted by Gasteiger charge is -2.28. The van der Waals surface area contributed by atoms with Gasteiger partial charge in [0.2, 0.25) is 5.91 Å². The Kier molecular flexibility index (Phi) is 7.29. The molecule has 1 aliphatic rings. The van der Waals surface area contributed by atoms with Crippen LogP contribution in [0.5, 0.6) is 5.75 Å². The summed E-state index contributed by atoms with van der Waals surface area (Å²) in [5.74, 6) is 0.709. The van der Waals surface area contributed by atoms with Gasteiger partial charge in [0.1, 0.15) is 5.75 Å². The third-order valence-electron chi connectivity index (χ3n) is 5.63. The maximum Gasteiger partial charge on any atom is 0.275 e. The van der Waals surface area contributed by atoms with Crippen LogP contribution in [0.15, 0.2) is 36.4 Å². The second kappa shape index (κ2) is 9.91. The standard InChI is InChI=1S/C22H26ClN3O4/c1-14-6-9-17(12-21(14)30-2)25-22(27)15-7-10-16(11-8-15)24-13-18-19(23)4-3-5-20(18)26(28)29/h3-6,9,12,15-16,24H,7-8,10-11,13H2,1-2H3,(H,25,27). The van der Waals surface area contributed by atoms with Gasteiger partial charge in [0, 0.05) is 36.3 Å². The van der Waals surface area contributed by atoms with Crippen molar-refractivity contribution in [1.29, 1.82) is 0 Å². The van der Waals surface area contributed by atoms with Gasteiger partial charge >= 0.3 is 0 Å². The Morgan fingerprint density at radius 3 is 2.63 bits per heavy atom. The maximum atomic E-state index is 12.6. The third kappa shape index (κ3) is 5.29. The molecule has 2 aromatic carbocycles. The predicted molar refractivity (Wildman–Crippen MR) is 117 cm³/mol. The van der Waals surface area contributed by atoms with Crippen molar-refractivity contribution in [3.8, 4) is 5.75 Å². The van der Waals surface area contributed by atoms with Crippen molar-refractivity contribution in [2.45, 2.75) is 45.2 Å². The lowest BCUT2D eigenvalue weighted by Crippen LogP contribution is -2.36. The number of nitro benzene ring substituents is 1. The number of nitro groups is 1. The molecule has 0 aromatic heterocycles. The second-order valence-electron chi connectivity index (χ2n) is 7.60. The van der Waals surface area contributed by atoms with Crippen LogP contribution in [0, 0.1) is 23.0 Å². The van der Waals surface area contributed by atoms with Gasteiger partial charge < -0.3 is 15.4 Å². The molecule has 1 fully saturated rings. The van der Waals surface area contributed by atoms with E-state index in [2.05, 4.69) is 10.6 Å². The summed E-state index contributed by atoms with van der Waals surface area (Å²) in [6.07, 6.45) is 3.18. The number of hydrogen-bond donors (Lipinski definition) is 2. The van der Waals surface area contributed by atoms with Crippen molar-refractivity contribution in [3.63, 3.8) is 0 Å². The number of carbonyl (C=O) groups is 1. The number of ether oxygens (including phenoxy) is 1. The van der Waals surface area contributed by atoms with Crippen LogP contribution in [0.25, 0.3) is 0 Å². The first-order valence-corrected chi connectivity index (χ1v) is 10.4. The van der Waals surface area contributed by atoms with E-state index in [1.165, 1.54) is 6.07 Å². The van der Waals surface area contributed by atoms with Gasteiger partial charge in [0.05, 0.1) is 22.6 Å². The SMILES string of the molecule is COc1cc(NC(=O)C2CCC(NCc3c(Cl)cccc3[N+](=O)[O-])CC2)ccc1C. The summed E-state index contributed by atoms with van der Waals surface area (Å²) < 4.78 is 5.31. The van der Waals surface area contributed by atoms with Gasteiger partial charge in [-0.25, -0.2) is 0 Å². The van der Waals surface area contributed by atoms with Crippen LogP contribution >= 0.6 is 11.6 Å². The van der Waals surface area contributed by atoms with Crippen LogP contribution in [-0.2, 0) is 11.3 Å². The summed E-state index contributed by atoms with van der Waals surface area (Å²) in [6.45, 7) is 2.29. The van der Waals surface area contributed by atoms with Gasteiger partial charge in [0.25, 0.3) is 5.69 Å². The minimum Gasteiger partial charge on any atom is -0.496 e. The van der Waals surface area contributed by atoms with Crippen molar-refractivity contribution in [3.05, 3.63) is 62.7 Å². The average molecular weight is 432 g/mol. The van der Waals surface area contributed by atoms with E-state index in [0.29, 0.717) is 17.1 Å². The molecule has 1 aliphatic carbocycles. The molecule has 30 heavy (non-hydrogen) atoms. The number of anilines is 1. The minimum atomic E-state index is -0.412. The lowest BCUT2D eigenvalue weighted by molar-refractivity contribution is -0.385. The number of benzene rings is 2. The number of carbonyl (C=O) groups excluding carboxylic acids is 1. The molecule has 0 heterocycles. The van der Waals surface area contributed by atoms with E-state index in [9.17, 15) is 14.9 Å². The topological polar surface area (TPSA) is 93.5 Å². The zero-order chi connectivity index (χ0) is 21.7. The van der Waals surface area contributed by atoms with E-state index in [1.807, 2.05) is 25.1 Å². The number of nitrogens with zero attached hydrogens (tertiary/aromatic N) is 1. The molecule has 0 atom stereocenters. The number of hydrogen-bond acceptors (Lipinski definition) is 5.